The van der Waals surface area contributed by atoms with Crippen LogP contribution >= 0.6 is 0 Å². The minimum absolute atomic E-state index is 0.819. The maximum Gasteiger partial charge on any atom is 0.0482 e. The van der Waals surface area contributed by atoms with Gasteiger partial charge in [0, 0.05) is 25.4 Å². The highest BCUT2D eigenvalue weighted by molar-refractivity contribution is 5.83. The summed E-state index contributed by atoms with van der Waals surface area (Å²) in [6.07, 6.45) is 4.10. The molecule has 3 rings (SSSR count). The quantitative estimate of drug-likeness (QED) is 0.313. The fourth-order valence-corrected chi connectivity index (χ4v) is 3.82. The molecule has 0 fully saturated rings. The van der Waals surface area contributed by atoms with Crippen molar-refractivity contribution >= 4 is 11.3 Å². The Labute approximate surface area is 188 Å². The van der Waals surface area contributed by atoms with E-state index >= 15 is 0 Å². The maximum absolute atomic E-state index is 5.56. The van der Waals surface area contributed by atoms with E-state index < -0.39 is 0 Å². The van der Waals surface area contributed by atoms with Crippen LogP contribution in [0.25, 0.3) is 5.57 Å². The number of hydrogen-bond donors (Lipinski definition) is 1. The molecule has 2 heteroatoms. The molecular weight excluding hydrogens is 378 g/mol. The normalized spacial score (nSPS) is 11.8. The Bertz CT molecular complexity index is 914. The lowest BCUT2D eigenvalue weighted by molar-refractivity contribution is 0.134. The number of nitrogens with one attached hydrogen (secondary N) is 1. The van der Waals surface area contributed by atoms with E-state index in [2.05, 4.69) is 104 Å². The molecule has 0 aromatic heterocycles. The van der Waals surface area contributed by atoms with Gasteiger partial charge in [-0.1, -0.05) is 92.2 Å². The van der Waals surface area contributed by atoms with Crippen LogP contribution in [0.1, 0.15) is 49.8 Å². The van der Waals surface area contributed by atoms with Crippen LogP contribution in [0.4, 0.5) is 5.69 Å². The van der Waals surface area contributed by atoms with E-state index in [4.69, 9.17) is 4.74 Å². The standard InChI is InChI=1S/C29H35NO/c1-3-21-31-22-11-20-30-28-18-16-27(17-19-28)29(26-14-9-6-10-15-26)25(4-2)23-24-12-7-5-8-13-24/h5-10,12-19,30H,3-4,11,20-23H2,1-2H3. The van der Waals surface area contributed by atoms with Gasteiger partial charge >= 0.3 is 0 Å². The lowest BCUT2D eigenvalue weighted by Gasteiger charge is -2.17. The molecule has 0 amide bonds. The molecule has 0 unspecified atom stereocenters. The summed E-state index contributed by atoms with van der Waals surface area (Å²) in [5, 5.41) is 3.51. The Morgan fingerprint density at radius 3 is 2.03 bits per heavy atom. The van der Waals surface area contributed by atoms with E-state index in [1.54, 1.807) is 0 Å². The Morgan fingerprint density at radius 2 is 1.39 bits per heavy atom. The summed E-state index contributed by atoms with van der Waals surface area (Å²) in [7, 11) is 0. The first-order chi connectivity index (χ1) is 15.3. The van der Waals surface area contributed by atoms with Crippen molar-refractivity contribution in [3.8, 4) is 0 Å². The lowest BCUT2D eigenvalue weighted by Crippen LogP contribution is -2.06. The smallest absolute Gasteiger partial charge is 0.0482 e. The second-order valence-electron chi connectivity index (χ2n) is 7.83. The van der Waals surface area contributed by atoms with Gasteiger partial charge in [0.15, 0.2) is 0 Å². The van der Waals surface area contributed by atoms with Gasteiger partial charge in [0.25, 0.3) is 0 Å². The molecule has 0 aliphatic rings. The third-order valence-electron chi connectivity index (χ3n) is 5.42. The molecule has 3 aromatic rings. The van der Waals surface area contributed by atoms with Crippen molar-refractivity contribution in [3.63, 3.8) is 0 Å². The molecule has 0 saturated heterocycles. The van der Waals surface area contributed by atoms with Crippen LogP contribution in [-0.4, -0.2) is 19.8 Å². The fourth-order valence-electron chi connectivity index (χ4n) is 3.82. The van der Waals surface area contributed by atoms with Crippen molar-refractivity contribution in [1.82, 2.24) is 0 Å². The van der Waals surface area contributed by atoms with Gasteiger partial charge < -0.3 is 10.1 Å². The van der Waals surface area contributed by atoms with Crippen molar-refractivity contribution in [2.75, 3.05) is 25.1 Å². The Morgan fingerprint density at radius 1 is 0.742 bits per heavy atom. The van der Waals surface area contributed by atoms with Crippen molar-refractivity contribution < 1.29 is 4.74 Å². The number of anilines is 1. The van der Waals surface area contributed by atoms with Gasteiger partial charge in [0.2, 0.25) is 0 Å². The predicted molar refractivity (Wildman–Crippen MR) is 134 cm³/mol. The second kappa shape index (κ2) is 12.8. The van der Waals surface area contributed by atoms with Crippen LogP contribution in [0.15, 0.2) is 90.5 Å². The highest BCUT2D eigenvalue weighted by Crippen LogP contribution is 2.31. The SMILES string of the molecule is CCCOCCCNc1ccc(C(=C(CC)Cc2ccccc2)c2ccccc2)cc1. The second-order valence-corrected chi connectivity index (χ2v) is 7.83. The minimum Gasteiger partial charge on any atom is -0.385 e. The molecule has 0 aliphatic carbocycles. The fraction of sp³-hybridized carbons (Fsp3) is 0.310. The topological polar surface area (TPSA) is 21.3 Å². The largest absolute Gasteiger partial charge is 0.385 e. The number of ether oxygens (including phenoxy) is 1. The molecule has 1 N–H and O–H groups in total. The monoisotopic (exact) mass is 413 g/mol. The van der Waals surface area contributed by atoms with Gasteiger partial charge in [0.05, 0.1) is 0 Å². The number of hydrogen-bond acceptors (Lipinski definition) is 2. The summed E-state index contributed by atoms with van der Waals surface area (Å²) >= 11 is 0. The van der Waals surface area contributed by atoms with E-state index in [9.17, 15) is 0 Å². The molecule has 0 bridgehead atoms. The minimum atomic E-state index is 0.819. The van der Waals surface area contributed by atoms with Crippen LogP contribution in [0.3, 0.4) is 0 Å². The zero-order valence-corrected chi connectivity index (χ0v) is 18.9. The third-order valence-corrected chi connectivity index (χ3v) is 5.42. The molecule has 0 aliphatic heterocycles. The van der Waals surface area contributed by atoms with Crippen LogP contribution in [0.2, 0.25) is 0 Å². The predicted octanol–water partition coefficient (Wildman–Crippen LogP) is 7.37. The summed E-state index contributed by atoms with van der Waals surface area (Å²) in [4.78, 5) is 0. The summed E-state index contributed by atoms with van der Waals surface area (Å²) in [5.41, 5.74) is 7.89. The first kappa shape index (κ1) is 22.8. The molecule has 2 nitrogen and oxygen atoms in total. The highest BCUT2D eigenvalue weighted by atomic mass is 16.5. The van der Waals surface area contributed by atoms with E-state index in [0.717, 1.165) is 51.1 Å². The Hall–Kier alpha value is -2.84. The average Bonchev–Trinajstić information content (AvgIpc) is 2.83. The number of rotatable bonds is 12. The maximum atomic E-state index is 5.56. The van der Waals surface area contributed by atoms with E-state index in [-0.39, 0.29) is 0 Å². The molecule has 31 heavy (non-hydrogen) atoms. The van der Waals surface area contributed by atoms with Gasteiger partial charge in [-0.25, -0.2) is 0 Å². The first-order valence-electron chi connectivity index (χ1n) is 11.5. The molecule has 0 atom stereocenters. The summed E-state index contributed by atoms with van der Waals surface area (Å²) in [5.74, 6) is 0. The summed E-state index contributed by atoms with van der Waals surface area (Å²) in [6, 6.07) is 30.4. The van der Waals surface area contributed by atoms with E-state index in [1.165, 1.54) is 27.8 Å². The van der Waals surface area contributed by atoms with Gasteiger partial charge in [-0.05, 0) is 60.1 Å². The molecule has 0 saturated carbocycles. The first-order valence-corrected chi connectivity index (χ1v) is 11.5. The van der Waals surface area contributed by atoms with Crippen molar-refractivity contribution in [2.45, 2.75) is 39.5 Å². The molecule has 0 radical (unpaired) electrons. The Balaban J connectivity index is 1.80. The number of benzene rings is 3. The molecule has 3 aromatic carbocycles. The van der Waals surface area contributed by atoms with Gasteiger partial charge in [-0.3, -0.25) is 0 Å². The van der Waals surface area contributed by atoms with Crippen molar-refractivity contribution in [3.05, 3.63) is 107 Å². The highest BCUT2D eigenvalue weighted by Gasteiger charge is 2.12. The van der Waals surface area contributed by atoms with Crippen molar-refractivity contribution in [1.29, 1.82) is 0 Å². The van der Waals surface area contributed by atoms with Crippen LogP contribution in [0, 0.1) is 0 Å². The van der Waals surface area contributed by atoms with Crippen LogP contribution < -0.4 is 5.32 Å². The number of allylic oxidation sites excluding steroid dienone is 1. The van der Waals surface area contributed by atoms with Crippen molar-refractivity contribution in [2.24, 2.45) is 0 Å². The molecule has 0 heterocycles. The summed E-state index contributed by atoms with van der Waals surface area (Å²) in [6.45, 7) is 7.00. The van der Waals surface area contributed by atoms with E-state index in [0.29, 0.717) is 0 Å². The van der Waals surface area contributed by atoms with Gasteiger partial charge in [0.1, 0.15) is 0 Å². The van der Waals surface area contributed by atoms with Crippen LogP contribution in [0.5, 0.6) is 0 Å². The van der Waals surface area contributed by atoms with Gasteiger partial charge in [-0.2, -0.15) is 0 Å². The Kier molecular flexibility index (Phi) is 9.40. The van der Waals surface area contributed by atoms with E-state index in [1.807, 2.05) is 0 Å². The molecular formula is C29H35NO. The zero-order valence-electron chi connectivity index (χ0n) is 18.9. The summed E-state index contributed by atoms with van der Waals surface area (Å²) < 4.78 is 5.56. The molecule has 0 spiro atoms. The lowest BCUT2D eigenvalue weighted by atomic mass is 9.88. The molecule has 162 valence electrons. The van der Waals surface area contributed by atoms with Gasteiger partial charge in [-0.15, -0.1) is 0 Å². The zero-order chi connectivity index (χ0) is 21.7. The average molecular weight is 414 g/mol. The van der Waals surface area contributed by atoms with Crippen LogP contribution in [-0.2, 0) is 11.2 Å². The third kappa shape index (κ3) is 7.11.